The summed E-state index contributed by atoms with van der Waals surface area (Å²) in [6.07, 6.45) is -30.3. The van der Waals surface area contributed by atoms with E-state index in [2.05, 4.69) is 23.7 Å². The van der Waals surface area contributed by atoms with Crippen molar-refractivity contribution in [1.29, 1.82) is 0 Å². The molecule has 362 valence electrons. The molecule has 3 heterocycles. The Hall–Kier alpha value is -0.690. The highest BCUT2D eigenvalue weighted by Gasteiger charge is 2.92. The van der Waals surface area contributed by atoms with Crippen LogP contribution in [0.2, 0.25) is 0 Å². The van der Waals surface area contributed by atoms with Gasteiger partial charge in [-0.2, -0.15) is 65.9 Å². The molecule has 0 aromatic carbocycles. The Kier molecular flexibility index (Phi) is 15.4. The Balaban J connectivity index is 1.87. The first kappa shape index (κ1) is 55.6. The highest BCUT2D eigenvalue weighted by atomic mass is 127. The van der Waals surface area contributed by atoms with Gasteiger partial charge in [-0.05, 0) is 40.0 Å². The number of alkyl halides is 18. The summed E-state index contributed by atoms with van der Waals surface area (Å²) in [5, 5.41) is 9.45. The average molecular weight is 1280 g/mol. The van der Waals surface area contributed by atoms with Gasteiger partial charge in [-0.1, -0.05) is 88.5 Å². The van der Waals surface area contributed by atoms with Crippen LogP contribution in [0.4, 0.5) is 65.9 Å². The van der Waals surface area contributed by atoms with Crippen molar-refractivity contribution in [3.63, 3.8) is 0 Å². The number of carbonyl (C=O) groups excluding carboxylic acids is 3. The summed E-state index contributed by atoms with van der Waals surface area (Å²) in [6, 6.07) is 0. The summed E-state index contributed by atoms with van der Waals surface area (Å²) in [5.41, 5.74) is -7.01. The number of esters is 3. The molecule has 0 aliphatic carbocycles. The van der Waals surface area contributed by atoms with E-state index in [0.29, 0.717) is 0 Å². The quantitative estimate of drug-likeness (QED) is 0.0553. The molecule has 0 saturated carbocycles. The number of hydrogen-bond donors (Lipinski definition) is 1. The molecule has 3 saturated heterocycles. The van der Waals surface area contributed by atoms with E-state index in [-0.39, 0.29) is 6.42 Å². The Bertz CT molecular complexity index is 1720. The number of hydrogen-bond acceptors (Lipinski definition) is 12. The SMILES string of the molecule is CCC(C)(I)C(=O)OC1(C)COC(OCC(I)(CC)C(=O)OC2COC(OCC(I)(CC)C(=O)OC3(C)C(F)(F)OC(O)(C(F)(F)F)C3(F)F)(C(F)(F)F)C2(F)F)(C(F)(F)F)C1. The first-order chi connectivity index (χ1) is 27.5. The minimum absolute atomic E-state index is 0.209. The van der Waals surface area contributed by atoms with Gasteiger partial charge in [0.1, 0.15) is 15.9 Å². The van der Waals surface area contributed by atoms with Gasteiger partial charge in [-0.25, -0.2) is 0 Å². The highest BCUT2D eigenvalue weighted by Crippen LogP contribution is 2.63. The molecule has 0 aromatic heterocycles. The molecule has 62 heavy (non-hydrogen) atoms. The van der Waals surface area contributed by atoms with Gasteiger partial charge in [-0.3, -0.25) is 19.1 Å². The van der Waals surface area contributed by atoms with Gasteiger partial charge in [0.25, 0.3) is 11.4 Å². The fourth-order valence-corrected chi connectivity index (χ4v) is 6.41. The lowest BCUT2D eigenvalue weighted by Gasteiger charge is -2.39. The second kappa shape index (κ2) is 17.1. The molecule has 30 heteroatoms. The van der Waals surface area contributed by atoms with Crippen molar-refractivity contribution in [1.82, 2.24) is 0 Å². The lowest BCUT2D eigenvalue weighted by atomic mass is 9.92. The van der Waals surface area contributed by atoms with Crippen molar-refractivity contribution in [3.8, 4) is 0 Å². The van der Waals surface area contributed by atoms with Gasteiger partial charge in [0.2, 0.25) is 0 Å². The second-order valence-electron chi connectivity index (χ2n) is 15.0. The Morgan fingerprint density at radius 3 is 1.65 bits per heavy atom. The van der Waals surface area contributed by atoms with Crippen LogP contribution < -0.4 is 0 Å². The van der Waals surface area contributed by atoms with Gasteiger partial charge in [0.15, 0.2) is 6.10 Å². The summed E-state index contributed by atoms with van der Waals surface area (Å²) >= 11 is 3.58. The molecule has 0 aromatic rings. The molecule has 0 amide bonds. The minimum Gasteiger partial charge on any atom is -0.456 e. The fourth-order valence-electron chi connectivity index (χ4n) is 5.75. The van der Waals surface area contributed by atoms with Crippen molar-refractivity contribution < 1.29 is 123 Å². The van der Waals surface area contributed by atoms with Crippen molar-refractivity contribution in [2.24, 2.45) is 0 Å². The van der Waals surface area contributed by atoms with Gasteiger partial charge < -0.3 is 38.3 Å². The zero-order valence-corrected chi connectivity index (χ0v) is 38.9. The standard InChI is InChI=1S/C32H36F15I3O12/c1-7-20(5,48)16(51)60-19(4)11-24(56-12-19,29(37,38)39)57-13-22(49,8-2)17(52)59-15-10-55-28(25(15,33)34,31(43,44)45)58-14-23(50,9-3)18(53)61-21(6)26(35,36)27(54,30(40,41)42)62-32(21,46)47/h15,54H,7-14H2,1-6H3. The smallest absolute Gasteiger partial charge is 0.450 e. The third kappa shape index (κ3) is 9.17. The maximum atomic E-state index is 15.9. The molecule has 0 spiro atoms. The first-order valence-electron chi connectivity index (χ1n) is 17.5. The Morgan fingerprint density at radius 1 is 0.710 bits per heavy atom. The largest absolute Gasteiger partial charge is 0.456 e. The third-order valence-electron chi connectivity index (χ3n) is 10.4. The van der Waals surface area contributed by atoms with E-state index in [1.54, 1.807) is 29.5 Å². The molecule has 1 N–H and O–H groups in total. The first-order valence-corrected chi connectivity index (χ1v) is 20.8. The third-order valence-corrected chi connectivity index (χ3v) is 14.6. The number of halogens is 18. The summed E-state index contributed by atoms with van der Waals surface area (Å²) in [4.78, 5) is 39.1. The molecular formula is C32H36F15I3O12. The number of carbonyl (C=O) groups is 3. The van der Waals surface area contributed by atoms with Gasteiger partial charge in [0, 0.05) is 0 Å². The lowest BCUT2D eigenvalue weighted by molar-refractivity contribution is -0.433. The van der Waals surface area contributed by atoms with Crippen molar-refractivity contribution in [3.05, 3.63) is 0 Å². The van der Waals surface area contributed by atoms with Crippen LogP contribution in [0.15, 0.2) is 0 Å². The summed E-state index contributed by atoms with van der Waals surface area (Å²) in [7, 11) is 0. The van der Waals surface area contributed by atoms with Gasteiger partial charge in [-0.15, -0.1) is 0 Å². The summed E-state index contributed by atoms with van der Waals surface area (Å²) in [6.45, 7) is -0.673. The van der Waals surface area contributed by atoms with E-state index in [9.17, 15) is 76.6 Å². The highest BCUT2D eigenvalue weighted by molar-refractivity contribution is 14.1. The number of aliphatic hydroxyl groups is 1. The molecule has 9 unspecified atom stereocenters. The second-order valence-corrected chi connectivity index (χ2v) is 21.5. The predicted molar refractivity (Wildman–Crippen MR) is 199 cm³/mol. The van der Waals surface area contributed by atoms with Crippen LogP contribution in [0.5, 0.6) is 0 Å². The summed E-state index contributed by atoms with van der Waals surface area (Å²) in [5.74, 6) is -31.9. The van der Waals surface area contributed by atoms with Crippen LogP contribution in [0.3, 0.4) is 0 Å². The van der Waals surface area contributed by atoms with E-state index in [1.807, 2.05) is 0 Å². The van der Waals surface area contributed by atoms with E-state index < -0.39 is 152 Å². The van der Waals surface area contributed by atoms with Gasteiger partial charge in [0.05, 0.1) is 32.8 Å². The maximum absolute atomic E-state index is 15.9. The van der Waals surface area contributed by atoms with Crippen LogP contribution in [0, 0.1) is 0 Å². The van der Waals surface area contributed by atoms with E-state index >= 15 is 8.78 Å². The van der Waals surface area contributed by atoms with Crippen LogP contribution in [-0.4, -0.2) is 131 Å². The fraction of sp³-hybridized carbons (Fsp3) is 0.906. The zero-order chi connectivity index (χ0) is 48.6. The summed E-state index contributed by atoms with van der Waals surface area (Å²) < 4.78 is 247. The van der Waals surface area contributed by atoms with E-state index in [0.717, 1.165) is 66.0 Å². The number of rotatable bonds is 15. The molecular weight excluding hydrogens is 1240 g/mol. The Morgan fingerprint density at radius 2 is 1.21 bits per heavy atom. The van der Waals surface area contributed by atoms with Crippen LogP contribution in [0.1, 0.15) is 67.2 Å². The lowest BCUT2D eigenvalue weighted by Crippen LogP contribution is -2.65. The van der Waals surface area contributed by atoms with Crippen molar-refractivity contribution in [2.75, 3.05) is 26.4 Å². The zero-order valence-electron chi connectivity index (χ0n) is 32.5. The van der Waals surface area contributed by atoms with Crippen LogP contribution >= 0.6 is 67.8 Å². The molecule has 3 aliphatic heterocycles. The monoisotopic (exact) mass is 1280 g/mol. The minimum atomic E-state index is -6.67. The molecule has 0 bridgehead atoms. The molecule has 12 nitrogen and oxygen atoms in total. The van der Waals surface area contributed by atoms with Crippen molar-refractivity contribution >= 4 is 85.7 Å². The number of ether oxygens (including phenoxy) is 8. The maximum Gasteiger partial charge on any atom is 0.450 e. The van der Waals surface area contributed by atoms with Crippen LogP contribution in [0.25, 0.3) is 0 Å². The molecule has 3 fully saturated rings. The average Bonchev–Trinajstić information content (AvgIpc) is 3.64. The van der Waals surface area contributed by atoms with Gasteiger partial charge >= 0.3 is 66.0 Å². The van der Waals surface area contributed by atoms with E-state index in [4.69, 9.17) is 14.2 Å². The normalized spacial score (nSPS) is 35.1. The van der Waals surface area contributed by atoms with Crippen LogP contribution in [-0.2, 0) is 52.3 Å². The molecule has 9 atom stereocenters. The molecule has 0 radical (unpaired) electrons. The molecule has 3 rings (SSSR count). The topological polar surface area (TPSA) is 145 Å². The predicted octanol–water partition coefficient (Wildman–Crippen LogP) is 8.42. The van der Waals surface area contributed by atoms with Crippen molar-refractivity contribution in [2.45, 2.75) is 149 Å². The molecule has 3 aliphatic rings. The van der Waals surface area contributed by atoms with E-state index in [1.165, 1.54) is 6.92 Å². The Labute approximate surface area is 381 Å².